The van der Waals surface area contributed by atoms with Gasteiger partial charge in [0.2, 0.25) is 5.95 Å². The molecule has 0 aromatic carbocycles. The number of nitrogens with one attached hydrogen (secondary N) is 2. The number of fused-ring (bicyclic) bond motifs is 1. The molecule has 21 heavy (non-hydrogen) atoms. The minimum atomic E-state index is 0.642. The number of thiophene rings is 1. The predicted octanol–water partition coefficient (Wildman–Crippen LogP) is 2.43. The standard InChI is InChI=1S/C14H18N6S/c1-9-8-10-12(18-14(15-2)19-13(10)21-9)17-5-4-11-16-6-7-20(11)3/h6-8H,4-5H2,1-3H3,(H2,15,17,18,19). The fourth-order valence-corrected chi connectivity index (χ4v) is 3.10. The van der Waals surface area contributed by atoms with Crippen LogP contribution in [0.1, 0.15) is 10.7 Å². The number of imidazole rings is 1. The largest absolute Gasteiger partial charge is 0.369 e. The smallest absolute Gasteiger partial charge is 0.225 e. The molecule has 6 nitrogen and oxygen atoms in total. The third-order valence-electron chi connectivity index (χ3n) is 3.30. The number of nitrogens with zero attached hydrogens (tertiary/aromatic N) is 4. The Morgan fingerprint density at radius 2 is 2.19 bits per heavy atom. The van der Waals surface area contributed by atoms with Gasteiger partial charge in [-0.25, -0.2) is 9.97 Å². The Morgan fingerprint density at radius 1 is 1.33 bits per heavy atom. The summed E-state index contributed by atoms with van der Waals surface area (Å²) in [5, 5.41) is 7.49. The van der Waals surface area contributed by atoms with Gasteiger partial charge in [-0.2, -0.15) is 4.98 Å². The first-order chi connectivity index (χ1) is 10.2. The van der Waals surface area contributed by atoms with Crippen molar-refractivity contribution < 1.29 is 0 Å². The monoisotopic (exact) mass is 302 g/mol. The van der Waals surface area contributed by atoms with Gasteiger partial charge >= 0.3 is 0 Å². The second-order valence-electron chi connectivity index (χ2n) is 4.85. The summed E-state index contributed by atoms with van der Waals surface area (Å²) in [6.45, 7) is 2.87. The zero-order valence-electron chi connectivity index (χ0n) is 12.3. The van der Waals surface area contributed by atoms with Crippen molar-refractivity contribution in [3.05, 3.63) is 29.2 Å². The fourth-order valence-electron chi connectivity index (χ4n) is 2.22. The van der Waals surface area contributed by atoms with Crippen molar-refractivity contribution in [3.8, 4) is 0 Å². The maximum Gasteiger partial charge on any atom is 0.225 e. The Balaban J connectivity index is 1.80. The van der Waals surface area contributed by atoms with Crippen molar-refractivity contribution in [2.75, 3.05) is 24.2 Å². The molecule has 110 valence electrons. The van der Waals surface area contributed by atoms with Crippen molar-refractivity contribution in [1.82, 2.24) is 19.5 Å². The number of hydrogen-bond donors (Lipinski definition) is 2. The van der Waals surface area contributed by atoms with Crippen LogP contribution in [-0.4, -0.2) is 33.1 Å². The van der Waals surface area contributed by atoms with Crippen molar-refractivity contribution >= 4 is 33.3 Å². The van der Waals surface area contributed by atoms with Gasteiger partial charge in [-0.05, 0) is 13.0 Å². The lowest BCUT2D eigenvalue weighted by Gasteiger charge is -2.08. The highest BCUT2D eigenvalue weighted by molar-refractivity contribution is 7.18. The maximum absolute atomic E-state index is 4.52. The van der Waals surface area contributed by atoms with Crippen molar-refractivity contribution in [1.29, 1.82) is 0 Å². The number of anilines is 2. The van der Waals surface area contributed by atoms with Crippen molar-refractivity contribution in [3.63, 3.8) is 0 Å². The van der Waals surface area contributed by atoms with Gasteiger partial charge in [-0.15, -0.1) is 11.3 Å². The van der Waals surface area contributed by atoms with E-state index in [1.54, 1.807) is 11.3 Å². The summed E-state index contributed by atoms with van der Waals surface area (Å²) < 4.78 is 2.03. The normalized spacial score (nSPS) is 11.0. The Hall–Kier alpha value is -2.15. The summed E-state index contributed by atoms with van der Waals surface area (Å²) >= 11 is 1.68. The van der Waals surface area contributed by atoms with E-state index in [2.05, 4.69) is 38.6 Å². The van der Waals surface area contributed by atoms with E-state index in [4.69, 9.17) is 0 Å². The Kier molecular flexibility index (Phi) is 3.74. The average molecular weight is 302 g/mol. The van der Waals surface area contributed by atoms with Crippen LogP contribution in [0.4, 0.5) is 11.8 Å². The minimum Gasteiger partial charge on any atom is -0.369 e. The summed E-state index contributed by atoms with van der Waals surface area (Å²) in [5.41, 5.74) is 0. The lowest BCUT2D eigenvalue weighted by molar-refractivity contribution is 0.789. The van der Waals surface area contributed by atoms with Crippen LogP contribution in [0, 0.1) is 6.92 Å². The lowest BCUT2D eigenvalue weighted by Crippen LogP contribution is -2.10. The van der Waals surface area contributed by atoms with E-state index >= 15 is 0 Å². The van der Waals surface area contributed by atoms with Gasteiger partial charge in [-0.3, -0.25) is 0 Å². The van der Waals surface area contributed by atoms with Gasteiger partial charge in [-0.1, -0.05) is 0 Å². The topological polar surface area (TPSA) is 67.7 Å². The van der Waals surface area contributed by atoms with E-state index in [0.717, 1.165) is 34.8 Å². The second-order valence-corrected chi connectivity index (χ2v) is 6.09. The van der Waals surface area contributed by atoms with Crippen LogP contribution in [0.3, 0.4) is 0 Å². The summed E-state index contributed by atoms with van der Waals surface area (Å²) in [5.74, 6) is 2.58. The SMILES string of the molecule is CNc1nc(NCCc2nccn2C)c2cc(C)sc2n1. The van der Waals surface area contributed by atoms with Crippen LogP contribution in [0.2, 0.25) is 0 Å². The quantitative estimate of drug-likeness (QED) is 0.757. The molecule has 3 aromatic heterocycles. The molecule has 0 saturated heterocycles. The van der Waals surface area contributed by atoms with Crippen LogP contribution >= 0.6 is 11.3 Å². The molecule has 0 atom stereocenters. The lowest BCUT2D eigenvalue weighted by atomic mass is 10.3. The molecule has 3 rings (SSSR count). The van der Waals surface area contributed by atoms with Crippen LogP contribution in [0.5, 0.6) is 0 Å². The van der Waals surface area contributed by atoms with E-state index < -0.39 is 0 Å². The molecular formula is C14H18N6S. The first-order valence-electron chi connectivity index (χ1n) is 6.83. The highest BCUT2D eigenvalue weighted by Gasteiger charge is 2.10. The molecule has 3 heterocycles. The maximum atomic E-state index is 4.52. The summed E-state index contributed by atoms with van der Waals surface area (Å²) in [7, 11) is 3.84. The van der Waals surface area contributed by atoms with Crippen molar-refractivity contribution in [2.45, 2.75) is 13.3 Å². The average Bonchev–Trinajstić information content (AvgIpc) is 3.04. The van der Waals surface area contributed by atoms with Gasteiger partial charge in [0.25, 0.3) is 0 Å². The van der Waals surface area contributed by atoms with E-state index in [0.29, 0.717) is 5.95 Å². The molecule has 0 saturated carbocycles. The number of rotatable bonds is 5. The molecule has 2 N–H and O–H groups in total. The van der Waals surface area contributed by atoms with Crippen LogP contribution < -0.4 is 10.6 Å². The van der Waals surface area contributed by atoms with Gasteiger partial charge in [0.1, 0.15) is 16.5 Å². The third-order valence-corrected chi connectivity index (χ3v) is 4.25. The first-order valence-corrected chi connectivity index (χ1v) is 7.65. The molecule has 0 spiro atoms. The molecule has 0 aliphatic carbocycles. The zero-order valence-corrected chi connectivity index (χ0v) is 13.2. The Morgan fingerprint density at radius 3 is 2.90 bits per heavy atom. The van der Waals surface area contributed by atoms with E-state index in [1.807, 2.05) is 31.1 Å². The fraction of sp³-hybridized carbons (Fsp3) is 0.357. The molecule has 0 bridgehead atoms. The molecule has 7 heteroatoms. The molecule has 3 aromatic rings. The summed E-state index contributed by atoms with van der Waals surface area (Å²) in [6, 6.07) is 2.13. The van der Waals surface area contributed by atoms with Crippen molar-refractivity contribution in [2.24, 2.45) is 7.05 Å². The second kappa shape index (κ2) is 5.69. The van der Waals surface area contributed by atoms with Gasteiger partial charge in [0.15, 0.2) is 0 Å². The molecule has 0 aliphatic heterocycles. The number of aromatic nitrogens is 4. The summed E-state index contributed by atoms with van der Waals surface area (Å²) in [4.78, 5) is 15.6. The Labute approximate surface area is 127 Å². The van der Waals surface area contributed by atoms with Gasteiger partial charge in [0, 0.05) is 44.3 Å². The van der Waals surface area contributed by atoms with E-state index in [-0.39, 0.29) is 0 Å². The van der Waals surface area contributed by atoms with E-state index in [9.17, 15) is 0 Å². The highest BCUT2D eigenvalue weighted by Crippen LogP contribution is 2.29. The predicted molar refractivity (Wildman–Crippen MR) is 87.1 cm³/mol. The Bertz CT molecular complexity index is 760. The number of aryl methyl sites for hydroxylation is 2. The molecular weight excluding hydrogens is 284 g/mol. The molecule has 0 fully saturated rings. The van der Waals surface area contributed by atoms with Gasteiger partial charge in [0.05, 0.1) is 5.39 Å². The van der Waals surface area contributed by atoms with Crippen LogP contribution in [0.25, 0.3) is 10.2 Å². The number of hydrogen-bond acceptors (Lipinski definition) is 6. The van der Waals surface area contributed by atoms with Crippen LogP contribution in [0.15, 0.2) is 18.5 Å². The van der Waals surface area contributed by atoms with E-state index in [1.165, 1.54) is 4.88 Å². The minimum absolute atomic E-state index is 0.642. The molecule has 0 aliphatic rings. The van der Waals surface area contributed by atoms with Gasteiger partial charge < -0.3 is 15.2 Å². The zero-order chi connectivity index (χ0) is 14.8. The highest BCUT2D eigenvalue weighted by atomic mass is 32.1. The third kappa shape index (κ3) is 2.82. The van der Waals surface area contributed by atoms with Crippen LogP contribution in [-0.2, 0) is 13.5 Å². The first kappa shape index (κ1) is 13.8. The summed E-state index contributed by atoms with van der Waals surface area (Å²) in [6.07, 6.45) is 4.63. The molecule has 0 amide bonds. The molecule has 0 radical (unpaired) electrons. The molecule has 0 unspecified atom stereocenters.